The van der Waals surface area contributed by atoms with Crippen molar-refractivity contribution in [3.8, 4) is 12.3 Å². The van der Waals surface area contributed by atoms with Gasteiger partial charge in [-0.2, -0.15) is 23.7 Å². The average Bonchev–Trinajstić information content (AvgIpc) is 2.64. The lowest BCUT2D eigenvalue weighted by molar-refractivity contribution is -0.140. The lowest BCUT2D eigenvalue weighted by Gasteiger charge is -2.27. The highest BCUT2D eigenvalue weighted by molar-refractivity contribution is 9.10. The number of rotatable bonds is 1. The van der Waals surface area contributed by atoms with Gasteiger partial charge in [0.2, 0.25) is 5.96 Å². The summed E-state index contributed by atoms with van der Waals surface area (Å²) >= 11 is 2.64. The van der Waals surface area contributed by atoms with Gasteiger partial charge in [0, 0.05) is 5.56 Å². The van der Waals surface area contributed by atoms with Crippen LogP contribution < -0.4 is 22.1 Å². The summed E-state index contributed by atoms with van der Waals surface area (Å²) in [6.07, 6.45) is -3.64. The number of nitrogen functional groups attached to an aromatic ring is 2. The number of pyridine rings is 1. The molecule has 8 nitrogen and oxygen atoms in total. The monoisotopic (exact) mass is 486 g/mol. The highest BCUT2D eigenvalue weighted by Crippen LogP contribution is 2.45. The molecule has 2 aromatic rings. The first-order valence-electron chi connectivity index (χ1n) is 7.74. The maximum absolute atomic E-state index is 14.9. The average molecular weight is 487 g/mol. The molecule has 1 aliphatic heterocycles. The molecular formula is C16H8BrF5N8. The number of hydrogen-bond acceptors (Lipinski definition) is 8. The van der Waals surface area contributed by atoms with Gasteiger partial charge in [-0.15, -0.1) is 0 Å². The van der Waals surface area contributed by atoms with Crippen LogP contribution in [0.4, 0.5) is 39.3 Å². The van der Waals surface area contributed by atoms with E-state index in [1.807, 2.05) is 0 Å². The Morgan fingerprint density at radius 2 is 1.83 bits per heavy atom. The molecule has 1 atom stereocenters. The molecule has 3 rings (SSSR count). The Kier molecular flexibility index (Phi) is 5.13. The highest BCUT2D eigenvalue weighted by atomic mass is 79.9. The quantitative estimate of drug-likeness (QED) is 0.209. The van der Waals surface area contributed by atoms with Gasteiger partial charge in [0.05, 0.1) is 21.3 Å². The minimum atomic E-state index is -5.15. The fraction of sp³-hybridized carbons (Fsp3) is 0.125. The number of benzene rings is 1. The predicted octanol–water partition coefficient (Wildman–Crippen LogP) is 3.12. The number of aromatic nitrogens is 1. The molecule has 30 heavy (non-hydrogen) atoms. The number of nitrogens with one attached hydrogen (secondary N) is 2. The SMILES string of the molecule is N#CNC1=NC(c2c(F)c(Br)cc(C(F)(F)F)c2F)c2c(nc(N)c(C#N)c2N)N1. The van der Waals surface area contributed by atoms with Gasteiger partial charge in [-0.1, -0.05) is 0 Å². The first-order chi connectivity index (χ1) is 14.0. The summed E-state index contributed by atoms with van der Waals surface area (Å²) in [6.45, 7) is 0. The third-order valence-corrected chi connectivity index (χ3v) is 4.70. The van der Waals surface area contributed by atoms with Crippen molar-refractivity contribution in [3.05, 3.63) is 44.4 Å². The Morgan fingerprint density at radius 3 is 2.40 bits per heavy atom. The largest absolute Gasteiger partial charge is 0.419 e. The maximum atomic E-state index is 14.9. The lowest BCUT2D eigenvalue weighted by atomic mass is 9.93. The summed E-state index contributed by atoms with van der Waals surface area (Å²) < 4.78 is 68.8. The second-order valence-electron chi connectivity index (χ2n) is 5.85. The zero-order valence-corrected chi connectivity index (χ0v) is 16.0. The van der Waals surface area contributed by atoms with Crippen LogP contribution in [0, 0.1) is 34.4 Å². The number of aliphatic imine (C=N–C) groups is 1. The number of halogens is 6. The van der Waals surface area contributed by atoms with E-state index in [1.54, 1.807) is 6.07 Å². The smallest absolute Gasteiger partial charge is 0.397 e. The van der Waals surface area contributed by atoms with Crippen LogP contribution in [-0.2, 0) is 6.18 Å². The van der Waals surface area contributed by atoms with Crippen LogP contribution in [0.3, 0.4) is 0 Å². The number of hydrogen-bond donors (Lipinski definition) is 4. The van der Waals surface area contributed by atoms with Crippen LogP contribution in [0.2, 0.25) is 0 Å². The van der Waals surface area contributed by atoms with Crippen molar-refractivity contribution in [1.29, 1.82) is 10.5 Å². The van der Waals surface area contributed by atoms with Crippen LogP contribution in [0.25, 0.3) is 0 Å². The zero-order valence-electron chi connectivity index (χ0n) is 14.4. The van der Waals surface area contributed by atoms with E-state index in [2.05, 4.69) is 36.5 Å². The van der Waals surface area contributed by atoms with E-state index in [0.717, 1.165) is 0 Å². The first kappa shape index (κ1) is 21.1. The van der Waals surface area contributed by atoms with E-state index < -0.39 is 39.5 Å². The molecule has 0 aliphatic carbocycles. The van der Waals surface area contributed by atoms with E-state index >= 15 is 0 Å². The molecule has 0 fully saturated rings. The molecule has 0 bridgehead atoms. The van der Waals surface area contributed by atoms with Crippen LogP contribution in [0.5, 0.6) is 0 Å². The second-order valence-corrected chi connectivity index (χ2v) is 6.70. The molecule has 0 spiro atoms. The van der Waals surface area contributed by atoms with Crippen molar-refractivity contribution in [3.63, 3.8) is 0 Å². The molecule has 14 heteroatoms. The van der Waals surface area contributed by atoms with Gasteiger partial charge >= 0.3 is 6.18 Å². The van der Waals surface area contributed by atoms with Crippen molar-refractivity contribution in [2.45, 2.75) is 12.2 Å². The highest BCUT2D eigenvalue weighted by Gasteiger charge is 2.41. The molecular weight excluding hydrogens is 479 g/mol. The molecule has 6 N–H and O–H groups in total. The molecule has 0 saturated heterocycles. The Bertz CT molecular complexity index is 1180. The summed E-state index contributed by atoms with van der Waals surface area (Å²) in [5.74, 6) is -4.28. The van der Waals surface area contributed by atoms with Gasteiger partial charge in [0.15, 0.2) is 6.19 Å². The molecule has 0 saturated carbocycles. The summed E-state index contributed by atoms with van der Waals surface area (Å²) in [5.41, 5.74) is 7.67. The number of anilines is 3. The number of fused-ring (bicyclic) bond motifs is 1. The van der Waals surface area contributed by atoms with Crippen LogP contribution in [-0.4, -0.2) is 10.9 Å². The topological polar surface area (TPSA) is 149 Å². The summed E-state index contributed by atoms with van der Waals surface area (Å²) in [6, 6.07) is 0.0912. The Morgan fingerprint density at radius 1 is 1.17 bits per heavy atom. The van der Waals surface area contributed by atoms with Gasteiger partial charge in [-0.05, 0) is 22.0 Å². The van der Waals surface area contributed by atoms with Crippen LogP contribution >= 0.6 is 15.9 Å². The normalized spacial score (nSPS) is 15.3. The van der Waals surface area contributed by atoms with Crippen LogP contribution in [0.1, 0.15) is 28.3 Å². The Hall–Kier alpha value is -3.65. The number of nitrogens with zero attached hydrogens (tertiary/aromatic N) is 4. The summed E-state index contributed by atoms with van der Waals surface area (Å²) in [5, 5.41) is 22.6. The molecule has 1 aliphatic rings. The molecule has 1 aromatic carbocycles. The Balaban J connectivity index is 2.41. The third kappa shape index (κ3) is 3.31. The minimum Gasteiger partial charge on any atom is -0.397 e. The summed E-state index contributed by atoms with van der Waals surface area (Å²) in [7, 11) is 0. The minimum absolute atomic E-state index is 0.242. The Labute approximate surface area is 173 Å². The third-order valence-electron chi connectivity index (χ3n) is 4.13. The predicted molar refractivity (Wildman–Crippen MR) is 98.5 cm³/mol. The molecule has 2 heterocycles. The van der Waals surface area contributed by atoms with Gasteiger partial charge in [0.25, 0.3) is 0 Å². The zero-order chi connectivity index (χ0) is 22.4. The first-order valence-corrected chi connectivity index (χ1v) is 8.54. The molecule has 154 valence electrons. The number of alkyl halides is 3. The van der Waals surface area contributed by atoms with E-state index in [0.29, 0.717) is 0 Å². The van der Waals surface area contributed by atoms with E-state index in [4.69, 9.17) is 16.7 Å². The van der Waals surface area contributed by atoms with E-state index in [-0.39, 0.29) is 40.5 Å². The number of nitriles is 2. The van der Waals surface area contributed by atoms with Crippen molar-refractivity contribution >= 4 is 39.2 Å². The molecule has 0 radical (unpaired) electrons. The van der Waals surface area contributed by atoms with Gasteiger partial charge in [-0.3, -0.25) is 5.32 Å². The maximum Gasteiger partial charge on any atom is 0.419 e. The summed E-state index contributed by atoms with van der Waals surface area (Å²) in [4.78, 5) is 7.73. The van der Waals surface area contributed by atoms with Crippen LogP contribution in [0.15, 0.2) is 15.5 Å². The van der Waals surface area contributed by atoms with Crippen molar-refractivity contribution in [2.24, 2.45) is 4.99 Å². The van der Waals surface area contributed by atoms with E-state index in [1.165, 1.54) is 6.19 Å². The van der Waals surface area contributed by atoms with Crippen molar-refractivity contribution in [1.82, 2.24) is 10.3 Å². The van der Waals surface area contributed by atoms with Crippen molar-refractivity contribution < 1.29 is 22.0 Å². The number of nitrogens with two attached hydrogens (primary N) is 2. The molecule has 1 unspecified atom stereocenters. The fourth-order valence-electron chi connectivity index (χ4n) is 2.86. The second kappa shape index (κ2) is 7.31. The fourth-order valence-corrected chi connectivity index (χ4v) is 3.30. The van der Waals surface area contributed by atoms with Gasteiger partial charge < -0.3 is 16.8 Å². The van der Waals surface area contributed by atoms with Gasteiger partial charge in [0.1, 0.15) is 40.9 Å². The molecule has 1 aromatic heterocycles. The van der Waals surface area contributed by atoms with E-state index in [9.17, 15) is 27.2 Å². The lowest BCUT2D eigenvalue weighted by Crippen LogP contribution is -2.33. The molecule has 0 amide bonds. The number of guanidine groups is 1. The van der Waals surface area contributed by atoms with Crippen molar-refractivity contribution in [2.75, 3.05) is 16.8 Å². The standard InChI is InChI=1S/C16H8BrF5N8/c17-6-1-5(16(20,21)22)9(18)7(10(6)19)12-8-11(25)4(2-23)13(26)29-14(8)30-15(28-12)27-3-24/h1,12H,(H6,25,26,27,28,29,30). The van der Waals surface area contributed by atoms with Gasteiger partial charge in [-0.25, -0.2) is 18.8 Å².